The molecule has 1 nitrogen and oxygen atoms in total. The van der Waals surface area contributed by atoms with Gasteiger partial charge in [0.1, 0.15) is 5.75 Å². The Balaban J connectivity index is 3.10. The SMILES string of the molecule is C=CCc1cc(C)cc(CCC)c1O. The Labute approximate surface area is 86.1 Å². The minimum Gasteiger partial charge on any atom is -0.507 e. The fourth-order valence-electron chi connectivity index (χ4n) is 1.71. The van der Waals surface area contributed by atoms with E-state index in [-0.39, 0.29) is 0 Å². The van der Waals surface area contributed by atoms with Crippen molar-refractivity contribution in [2.24, 2.45) is 0 Å². The summed E-state index contributed by atoms with van der Waals surface area (Å²) in [5.74, 6) is 0.456. The van der Waals surface area contributed by atoms with Crippen molar-refractivity contribution >= 4 is 0 Å². The monoisotopic (exact) mass is 190 g/mol. The summed E-state index contributed by atoms with van der Waals surface area (Å²) >= 11 is 0. The molecule has 0 unspecified atom stereocenters. The number of hydrogen-bond acceptors (Lipinski definition) is 1. The summed E-state index contributed by atoms with van der Waals surface area (Å²) in [4.78, 5) is 0. The number of hydrogen-bond donors (Lipinski definition) is 1. The maximum absolute atomic E-state index is 9.93. The third-order valence-corrected chi connectivity index (χ3v) is 2.30. The molecule has 0 aliphatic rings. The second-order valence-electron chi connectivity index (χ2n) is 3.67. The van der Waals surface area contributed by atoms with Gasteiger partial charge in [-0.1, -0.05) is 37.1 Å². The third kappa shape index (κ3) is 2.38. The molecule has 0 bridgehead atoms. The van der Waals surface area contributed by atoms with Crippen LogP contribution in [0.4, 0.5) is 0 Å². The van der Waals surface area contributed by atoms with Crippen molar-refractivity contribution in [2.45, 2.75) is 33.1 Å². The summed E-state index contributed by atoms with van der Waals surface area (Å²) in [5, 5.41) is 9.93. The van der Waals surface area contributed by atoms with Crippen LogP contribution in [0.25, 0.3) is 0 Å². The predicted octanol–water partition coefficient (Wildman–Crippen LogP) is 3.38. The fourth-order valence-corrected chi connectivity index (χ4v) is 1.71. The van der Waals surface area contributed by atoms with E-state index in [1.807, 2.05) is 12.1 Å². The number of rotatable bonds is 4. The molecule has 0 radical (unpaired) electrons. The van der Waals surface area contributed by atoms with Gasteiger partial charge in [0.15, 0.2) is 0 Å². The van der Waals surface area contributed by atoms with Gasteiger partial charge >= 0.3 is 0 Å². The molecule has 0 amide bonds. The minimum absolute atomic E-state index is 0.456. The van der Waals surface area contributed by atoms with Crippen LogP contribution < -0.4 is 0 Å². The molecule has 0 aromatic heterocycles. The maximum atomic E-state index is 9.93. The number of aryl methyl sites for hydroxylation is 2. The third-order valence-electron chi connectivity index (χ3n) is 2.30. The Hall–Kier alpha value is -1.24. The molecule has 1 aromatic rings. The van der Waals surface area contributed by atoms with E-state index >= 15 is 0 Å². The first-order chi connectivity index (χ1) is 6.69. The van der Waals surface area contributed by atoms with Gasteiger partial charge in [0.25, 0.3) is 0 Å². The quantitative estimate of drug-likeness (QED) is 0.722. The Morgan fingerprint density at radius 2 is 2.00 bits per heavy atom. The molecule has 0 saturated heterocycles. The number of aromatic hydroxyl groups is 1. The largest absolute Gasteiger partial charge is 0.507 e. The van der Waals surface area contributed by atoms with Gasteiger partial charge in [0, 0.05) is 0 Å². The number of phenols is 1. The molecular formula is C13H18O. The second-order valence-corrected chi connectivity index (χ2v) is 3.67. The van der Waals surface area contributed by atoms with Gasteiger partial charge in [-0.3, -0.25) is 0 Å². The average Bonchev–Trinajstić information content (AvgIpc) is 2.14. The molecule has 0 fully saturated rings. The smallest absolute Gasteiger partial charge is 0.122 e. The molecule has 0 aliphatic heterocycles. The van der Waals surface area contributed by atoms with E-state index < -0.39 is 0 Å². The van der Waals surface area contributed by atoms with Crippen molar-refractivity contribution < 1.29 is 5.11 Å². The molecule has 76 valence electrons. The number of allylic oxidation sites excluding steroid dienone is 1. The summed E-state index contributed by atoms with van der Waals surface area (Å²) in [6, 6.07) is 4.08. The Morgan fingerprint density at radius 3 is 2.57 bits per heavy atom. The zero-order chi connectivity index (χ0) is 10.6. The van der Waals surface area contributed by atoms with E-state index in [1.54, 1.807) is 0 Å². The molecule has 1 heteroatoms. The Bertz CT molecular complexity index is 326. The second kappa shape index (κ2) is 4.85. The van der Waals surface area contributed by atoms with Crippen LogP contribution in [0.5, 0.6) is 5.75 Å². The minimum atomic E-state index is 0.456. The summed E-state index contributed by atoms with van der Waals surface area (Å²) < 4.78 is 0. The lowest BCUT2D eigenvalue weighted by Gasteiger charge is -2.09. The summed E-state index contributed by atoms with van der Waals surface area (Å²) in [7, 11) is 0. The summed E-state index contributed by atoms with van der Waals surface area (Å²) in [5.41, 5.74) is 3.26. The van der Waals surface area contributed by atoms with Crippen LogP contribution in [0.1, 0.15) is 30.0 Å². The lowest BCUT2D eigenvalue weighted by atomic mass is 10.00. The predicted molar refractivity (Wildman–Crippen MR) is 60.7 cm³/mol. The lowest BCUT2D eigenvalue weighted by molar-refractivity contribution is 0.462. The highest BCUT2D eigenvalue weighted by molar-refractivity contribution is 5.44. The first-order valence-electron chi connectivity index (χ1n) is 5.11. The van der Waals surface area contributed by atoms with Crippen LogP contribution >= 0.6 is 0 Å². The van der Waals surface area contributed by atoms with Crippen LogP contribution in [-0.2, 0) is 12.8 Å². The molecule has 0 atom stereocenters. The van der Waals surface area contributed by atoms with Crippen LogP contribution in [0.2, 0.25) is 0 Å². The van der Waals surface area contributed by atoms with Crippen LogP contribution in [0, 0.1) is 6.92 Å². The van der Waals surface area contributed by atoms with Gasteiger partial charge in [0.2, 0.25) is 0 Å². The van der Waals surface area contributed by atoms with Crippen LogP contribution in [-0.4, -0.2) is 5.11 Å². The number of benzene rings is 1. The molecular weight excluding hydrogens is 172 g/mol. The van der Waals surface area contributed by atoms with E-state index in [4.69, 9.17) is 0 Å². The molecule has 1 rings (SSSR count). The van der Waals surface area contributed by atoms with Gasteiger partial charge in [-0.2, -0.15) is 0 Å². The molecule has 0 saturated carbocycles. The molecule has 0 spiro atoms. The molecule has 0 heterocycles. The number of phenolic OH excluding ortho intramolecular Hbond substituents is 1. The van der Waals surface area contributed by atoms with E-state index in [1.165, 1.54) is 5.56 Å². The van der Waals surface area contributed by atoms with E-state index in [0.717, 1.165) is 30.4 Å². The van der Waals surface area contributed by atoms with Gasteiger partial charge in [-0.25, -0.2) is 0 Å². The normalized spacial score (nSPS) is 10.1. The van der Waals surface area contributed by atoms with Crippen molar-refractivity contribution in [3.8, 4) is 5.75 Å². The molecule has 1 aromatic carbocycles. The maximum Gasteiger partial charge on any atom is 0.122 e. The van der Waals surface area contributed by atoms with Crippen molar-refractivity contribution in [1.82, 2.24) is 0 Å². The Kier molecular flexibility index (Phi) is 3.75. The zero-order valence-corrected chi connectivity index (χ0v) is 9.01. The fraction of sp³-hybridized carbons (Fsp3) is 0.385. The molecule has 0 aliphatic carbocycles. The van der Waals surface area contributed by atoms with Crippen LogP contribution in [0.15, 0.2) is 24.8 Å². The standard InChI is InChI=1S/C13H18O/c1-4-6-11-8-10(3)9-12(7-5-2)13(11)14/h4,8-9,14H,1,5-7H2,2-3H3. The van der Waals surface area contributed by atoms with Crippen molar-refractivity contribution in [1.29, 1.82) is 0 Å². The van der Waals surface area contributed by atoms with Crippen LogP contribution in [0.3, 0.4) is 0 Å². The van der Waals surface area contributed by atoms with Gasteiger partial charge in [-0.15, -0.1) is 6.58 Å². The Morgan fingerprint density at radius 1 is 1.36 bits per heavy atom. The van der Waals surface area contributed by atoms with Crippen molar-refractivity contribution in [3.05, 3.63) is 41.5 Å². The summed E-state index contributed by atoms with van der Waals surface area (Å²) in [6.45, 7) is 7.87. The lowest BCUT2D eigenvalue weighted by Crippen LogP contribution is -1.92. The first kappa shape index (κ1) is 10.8. The van der Waals surface area contributed by atoms with Crippen molar-refractivity contribution in [2.75, 3.05) is 0 Å². The topological polar surface area (TPSA) is 20.2 Å². The first-order valence-corrected chi connectivity index (χ1v) is 5.11. The van der Waals surface area contributed by atoms with E-state index in [2.05, 4.69) is 26.5 Å². The highest BCUT2D eigenvalue weighted by Crippen LogP contribution is 2.26. The van der Waals surface area contributed by atoms with Gasteiger partial charge < -0.3 is 5.11 Å². The molecule has 14 heavy (non-hydrogen) atoms. The van der Waals surface area contributed by atoms with Gasteiger partial charge in [0.05, 0.1) is 0 Å². The highest BCUT2D eigenvalue weighted by atomic mass is 16.3. The average molecular weight is 190 g/mol. The zero-order valence-electron chi connectivity index (χ0n) is 9.01. The summed E-state index contributed by atoms with van der Waals surface area (Å²) in [6.07, 6.45) is 4.57. The highest BCUT2D eigenvalue weighted by Gasteiger charge is 2.06. The van der Waals surface area contributed by atoms with Gasteiger partial charge in [-0.05, 0) is 30.9 Å². The molecule has 1 N–H and O–H groups in total. The van der Waals surface area contributed by atoms with Crippen molar-refractivity contribution in [3.63, 3.8) is 0 Å². The van der Waals surface area contributed by atoms with E-state index in [0.29, 0.717) is 5.75 Å². The van der Waals surface area contributed by atoms with E-state index in [9.17, 15) is 5.11 Å².